The summed E-state index contributed by atoms with van der Waals surface area (Å²) in [5.74, 6) is 0.197. The van der Waals surface area contributed by atoms with Crippen molar-refractivity contribution < 1.29 is 14.3 Å². The second-order valence-corrected chi connectivity index (χ2v) is 8.11. The van der Waals surface area contributed by atoms with Gasteiger partial charge < -0.3 is 15.0 Å². The van der Waals surface area contributed by atoms with Crippen LogP contribution in [0.1, 0.15) is 43.9 Å². The van der Waals surface area contributed by atoms with Crippen molar-refractivity contribution in [2.45, 2.75) is 59.7 Å². The summed E-state index contributed by atoms with van der Waals surface area (Å²) in [6.45, 7) is 9.86. The van der Waals surface area contributed by atoms with E-state index in [2.05, 4.69) is 5.32 Å². The minimum atomic E-state index is -0.634. The van der Waals surface area contributed by atoms with Crippen LogP contribution in [0.2, 0.25) is 5.02 Å². The molecule has 0 saturated heterocycles. The van der Waals surface area contributed by atoms with Gasteiger partial charge in [0.1, 0.15) is 11.8 Å². The van der Waals surface area contributed by atoms with Crippen LogP contribution in [-0.4, -0.2) is 35.4 Å². The van der Waals surface area contributed by atoms with E-state index in [0.717, 1.165) is 23.1 Å². The third-order valence-corrected chi connectivity index (χ3v) is 5.53. The fourth-order valence-corrected chi connectivity index (χ4v) is 2.99. The van der Waals surface area contributed by atoms with Crippen LogP contribution in [0.25, 0.3) is 0 Å². The lowest BCUT2D eigenvalue weighted by molar-refractivity contribution is -0.142. The second-order valence-electron chi connectivity index (χ2n) is 7.68. The number of hydrogen-bond acceptors (Lipinski definition) is 3. The number of halogens is 1. The highest BCUT2D eigenvalue weighted by Crippen LogP contribution is 2.18. The maximum absolute atomic E-state index is 13.0. The van der Waals surface area contributed by atoms with Crippen molar-refractivity contribution in [2.24, 2.45) is 0 Å². The number of hydrogen-bond donors (Lipinski definition) is 1. The number of ether oxygens (including phenoxy) is 1. The Morgan fingerprint density at radius 3 is 2.33 bits per heavy atom. The summed E-state index contributed by atoms with van der Waals surface area (Å²) < 4.78 is 5.73. The topological polar surface area (TPSA) is 58.6 Å². The van der Waals surface area contributed by atoms with Crippen LogP contribution in [0.15, 0.2) is 42.5 Å². The third kappa shape index (κ3) is 6.77. The van der Waals surface area contributed by atoms with Gasteiger partial charge in [-0.1, -0.05) is 36.7 Å². The average Bonchev–Trinajstić information content (AvgIpc) is 2.73. The molecule has 2 aromatic rings. The molecule has 0 aromatic heterocycles. The van der Waals surface area contributed by atoms with Crippen molar-refractivity contribution in [1.29, 1.82) is 0 Å². The molecule has 5 nitrogen and oxygen atoms in total. The molecule has 0 aliphatic carbocycles. The molecule has 2 amide bonds. The predicted octanol–water partition coefficient (Wildman–Crippen LogP) is 4.67. The monoisotopic (exact) mass is 430 g/mol. The molecule has 6 heteroatoms. The fourth-order valence-electron chi connectivity index (χ4n) is 2.87. The predicted molar refractivity (Wildman–Crippen MR) is 121 cm³/mol. The highest BCUT2D eigenvalue weighted by atomic mass is 35.5. The lowest BCUT2D eigenvalue weighted by atomic mass is 10.1. The molecule has 0 spiro atoms. The van der Waals surface area contributed by atoms with Gasteiger partial charge in [0, 0.05) is 17.6 Å². The van der Waals surface area contributed by atoms with E-state index in [1.807, 2.05) is 58.0 Å². The molecule has 2 atom stereocenters. The summed E-state index contributed by atoms with van der Waals surface area (Å²) in [5.41, 5.74) is 3.15. The first-order chi connectivity index (χ1) is 14.2. The van der Waals surface area contributed by atoms with E-state index in [4.69, 9.17) is 16.3 Å². The number of nitrogens with zero attached hydrogens (tertiary/aromatic N) is 1. The smallest absolute Gasteiger partial charge is 0.261 e. The van der Waals surface area contributed by atoms with Crippen LogP contribution < -0.4 is 10.1 Å². The zero-order valence-electron chi connectivity index (χ0n) is 18.4. The standard InChI is InChI=1S/C24H31ClN2O3/c1-6-18(4)26-24(29)19(5)27(14-20-8-10-21(25)11-9-20)23(28)15-30-22-12-7-16(2)17(3)13-22/h7-13,18-19H,6,14-15H2,1-5H3,(H,26,29)/t18-,19-/m1/s1. The number of amides is 2. The maximum Gasteiger partial charge on any atom is 0.261 e. The van der Waals surface area contributed by atoms with Crippen molar-refractivity contribution in [2.75, 3.05) is 6.61 Å². The Bertz CT molecular complexity index is 867. The van der Waals surface area contributed by atoms with Crippen molar-refractivity contribution in [3.63, 3.8) is 0 Å². The Balaban J connectivity index is 2.15. The Labute approximate surface area is 184 Å². The molecule has 0 radical (unpaired) electrons. The number of carbonyl (C=O) groups excluding carboxylic acids is 2. The third-order valence-electron chi connectivity index (χ3n) is 5.28. The van der Waals surface area contributed by atoms with E-state index in [1.54, 1.807) is 24.0 Å². The zero-order valence-corrected chi connectivity index (χ0v) is 19.1. The van der Waals surface area contributed by atoms with Gasteiger partial charge in [-0.15, -0.1) is 0 Å². The molecular formula is C24H31ClN2O3. The molecule has 30 heavy (non-hydrogen) atoms. The van der Waals surface area contributed by atoms with Gasteiger partial charge in [-0.2, -0.15) is 0 Å². The molecule has 2 aromatic carbocycles. The van der Waals surface area contributed by atoms with E-state index in [0.29, 0.717) is 17.3 Å². The minimum absolute atomic E-state index is 0.0409. The minimum Gasteiger partial charge on any atom is -0.484 e. The molecule has 2 rings (SSSR count). The molecule has 162 valence electrons. The van der Waals surface area contributed by atoms with Gasteiger partial charge in [-0.3, -0.25) is 9.59 Å². The zero-order chi connectivity index (χ0) is 22.3. The Morgan fingerprint density at radius 2 is 1.73 bits per heavy atom. The number of nitrogens with one attached hydrogen (secondary N) is 1. The number of rotatable bonds is 9. The van der Waals surface area contributed by atoms with Crippen LogP contribution in [0.5, 0.6) is 5.75 Å². The van der Waals surface area contributed by atoms with Gasteiger partial charge >= 0.3 is 0 Å². The molecule has 0 aliphatic heterocycles. The highest BCUT2D eigenvalue weighted by Gasteiger charge is 2.27. The van der Waals surface area contributed by atoms with E-state index in [-0.39, 0.29) is 24.5 Å². The highest BCUT2D eigenvalue weighted by molar-refractivity contribution is 6.30. The molecule has 0 saturated carbocycles. The normalized spacial score (nSPS) is 12.7. The molecule has 0 unspecified atom stereocenters. The van der Waals surface area contributed by atoms with E-state index in [1.165, 1.54) is 0 Å². The van der Waals surface area contributed by atoms with Crippen LogP contribution in [-0.2, 0) is 16.1 Å². The first-order valence-electron chi connectivity index (χ1n) is 10.3. The van der Waals surface area contributed by atoms with E-state index < -0.39 is 6.04 Å². The van der Waals surface area contributed by atoms with Gasteiger partial charge in [-0.05, 0) is 75.1 Å². The van der Waals surface area contributed by atoms with Crippen LogP contribution in [0, 0.1) is 13.8 Å². The van der Waals surface area contributed by atoms with E-state index in [9.17, 15) is 9.59 Å². The summed E-state index contributed by atoms with van der Waals surface area (Å²) >= 11 is 5.97. The summed E-state index contributed by atoms with van der Waals surface area (Å²) in [6, 6.07) is 12.4. The van der Waals surface area contributed by atoms with Gasteiger partial charge in [0.15, 0.2) is 6.61 Å². The summed E-state index contributed by atoms with van der Waals surface area (Å²) in [7, 11) is 0. The van der Waals surface area contributed by atoms with Crippen LogP contribution in [0.3, 0.4) is 0 Å². The Morgan fingerprint density at radius 1 is 1.07 bits per heavy atom. The summed E-state index contributed by atoms with van der Waals surface area (Å²) in [5, 5.41) is 3.57. The maximum atomic E-state index is 13.0. The number of benzene rings is 2. The molecule has 0 bridgehead atoms. The second kappa shape index (κ2) is 11.0. The Hall–Kier alpha value is -2.53. The largest absolute Gasteiger partial charge is 0.484 e. The summed E-state index contributed by atoms with van der Waals surface area (Å²) in [6.07, 6.45) is 0.819. The number of carbonyl (C=O) groups is 2. The first-order valence-corrected chi connectivity index (χ1v) is 10.6. The number of aryl methyl sites for hydroxylation is 2. The van der Waals surface area contributed by atoms with Crippen LogP contribution in [0.4, 0.5) is 0 Å². The van der Waals surface area contributed by atoms with E-state index >= 15 is 0 Å². The molecule has 0 aliphatic rings. The lowest BCUT2D eigenvalue weighted by Gasteiger charge is -2.29. The SMILES string of the molecule is CC[C@@H](C)NC(=O)[C@@H](C)N(Cc1ccc(Cl)cc1)C(=O)COc1ccc(C)c(C)c1. The van der Waals surface area contributed by atoms with Crippen molar-refractivity contribution in [3.8, 4) is 5.75 Å². The molecule has 1 N–H and O–H groups in total. The summed E-state index contributed by atoms with van der Waals surface area (Å²) in [4.78, 5) is 27.3. The molecular weight excluding hydrogens is 400 g/mol. The first kappa shape index (κ1) is 23.7. The Kier molecular flexibility index (Phi) is 8.72. The quantitative estimate of drug-likeness (QED) is 0.629. The van der Waals surface area contributed by atoms with Gasteiger partial charge in [0.2, 0.25) is 5.91 Å². The average molecular weight is 431 g/mol. The van der Waals surface area contributed by atoms with Crippen molar-refractivity contribution in [1.82, 2.24) is 10.2 Å². The molecule has 0 heterocycles. The van der Waals surface area contributed by atoms with Gasteiger partial charge in [0.05, 0.1) is 0 Å². The van der Waals surface area contributed by atoms with Crippen molar-refractivity contribution in [3.05, 3.63) is 64.2 Å². The van der Waals surface area contributed by atoms with Gasteiger partial charge in [-0.25, -0.2) is 0 Å². The molecule has 0 fully saturated rings. The fraction of sp³-hybridized carbons (Fsp3) is 0.417. The van der Waals surface area contributed by atoms with Gasteiger partial charge in [0.25, 0.3) is 5.91 Å². The van der Waals surface area contributed by atoms with Crippen molar-refractivity contribution >= 4 is 23.4 Å². The van der Waals surface area contributed by atoms with Crippen LogP contribution >= 0.6 is 11.6 Å². The lowest BCUT2D eigenvalue weighted by Crippen LogP contribution is -2.50.